The summed E-state index contributed by atoms with van der Waals surface area (Å²) in [5, 5.41) is 10.7. The summed E-state index contributed by atoms with van der Waals surface area (Å²) >= 11 is 4.65. The summed E-state index contributed by atoms with van der Waals surface area (Å²) in [6.45, 7) is 8.39. The van der Waals surface area contributed by atoms with Gasteiger partial charge in [-0.1, -0.05) is 20.8 Å². The van der Waals surface area contributed by atoms with Gasteiger partial charge in [0.15, 0.2) is 5.79 Å². The number of ether oxygens (including phenoxy) is 2. The van der Waals surface area contributed by atoms with Crippen molar-refractivity contribution in [1.29, 1.82) is 0 Å². The van der Waals surface area contributed by atoms with Gasteiger partial charge < -0.3 is 14.6 Å². The minimum Gasteiger partial charge on any atom is -0.393 e. The van der Waals surface area contributed by atoms with Crippen molar-refractivity contribution in [2.45, 2.75) is 108 Å². The highest BCUT2D eigenvalue weighted by Gasteiger charge is 2.69. The van der Waals surface area contributed by atoms with Gasteiger partial charge in [0.1, 0.15) is 0 Å². The molecule has 4 saturated carbocycles. The zero-order valence-corrected chi connectivity index (χ0v) is 20.1. The van der Waals surface area contributed by atoms with E-state index < -0.39 is 0 Å². The lowest BCUT2D eigenvalue weighted by Crippen LogP contribution is -2.55. The van der Waals surface area contributed by atoms with Crippen molar-refractivity contribution in [2.24, 2.45) is 46.3 Å². The van der Waals surface area contributed by atoms with Crippen LogP contribution in [0.2, 0.25) is 0 Å². The maximum Gasteiger partial charge on any atom is 0.171 e. The molecule has 0 aromatic carbocycles. The fraction of sp³-hybridized carbons (Fsp3) is 1.00. The molecule has 6 rings (SSSR count). The minimum atomic E-state index is -0.331. The van der Waals surface area contributed by atoms with Crippen molar-refractivity contribution >= 4 is 12.6 Å². The van der Waals surface area contributed by atoms with E-state index in [1.807, 2.05) is 0 Å². The van der Waals surface area contributed by atoms with Crippen molar-refractivity contribution in [3.63, 3.8) is 0 Å². The monoisotopic (exact) mass is 434 g/mol. The van der Waals surface area contributed by atoms with Crippen LogP contribution in [-0.2, 0) is 9.47 Å². The first-order valence-electron chi connectivity index (χ1n) is 12.9. The summed E-state index contributed by atoms with van der Waals surface area (Å²) in [6.07, 6.45) is 12.5. The second kappa shape index (κ2) is 6.87. The van der Waals surface area contributed by atoms with Gasteiger partial charge in [-0.3, -0.25) is 0 Å². The molecule has 0 radical (unpaired) electrons. The summed E-state index contributed by atoms with van der Waals surface area (Å²) in [7, 11) is 0. The molecule has 6 fully saturated rings. The first-order valence-corrected chi connectivity index (χ1v) is 13.5. The molecule has 0 amide bonds. The maximum absolute atomic E-state index is 10.3. The molecule has 0 unspecified atom stereocenters. The van der Waals surface area contributed by atoms with E-state index in [2.05, 4.69) is 33.4 Å². The number of aliphatic hydroxyl groups is 1. The third kappa shape index (κ3) is 2.69. The van der Waals surface area contributed by atoms with E-state index in [4.69, 9.17) is 9.47 Å². The predicted octanol–water partition coefficient (Wildman–Crippen LogP) is 5.46. The number of aliphatic hydroxyl groups excluding tert-OH is 1. The second-order valence-electron chi connectivity index (χ2n) is 12.7. The zero-order chi connectivity index (χ0) is 20.9. The SMILES string of the molecule is C[C@H]1[C@H]2[C@H](C[C@H]3[C@@H]4CC[C@@H]5C[C@@H](O)CC[C@]5(C)[C@H]4CC[C@]23C)O[C@]12CC[C@H](S)CO2. The summed E-state index contributed by atoms with van der Waals surface area (Å²) in [6, 6.07) is 0. The summed E-state index contributed by atoms with van der Waals surface area (Å²) in [4.78, 5) is 0. The Morgan fingerprint density at radius 3 is 2.47 bits per heavy atom. The zero-order valence-electron chi connectivity index (χ0n) is 19.2. The molecule has 1 spiro atoms. The Kier molecular flexibility index (Phi) is 4.77. The molecule has 2 aliphatic heterocycles. The predicted molar refractivity (Wildman–Crippen MR) is 121 cm³/mol. The lowest BCUT2D eigenvalue weighted by atomic mass is 9.44. The number of hydrogen-bond donors (Lipinski definition) is 2. The summed E-state index contributed by atoms with van der Waals surface area (Å²) < 4.78 is 13.3. The van der Waals surface area contributed by atoms with Crippen LogP contribution in [0, 0.1) is 46.3 Å². The van der Waals surface area contributed by atoms with Crippen LogP contribution in [0.25, 0.3) is 0 Å². The summed E-state index contributed by atoms with van der Waals surface area (Å²) in [5.74, 6) is 4.10. The van der Waals surface area contributed by atoms with E-state index >= 15 is 0 Å². The average Bonchev–Trinajstić information content (AvgIpc) is 3.16. The third-order valence-electron chi connectivity index (χ3n) is 11.7. The topological polar surface area (TPSA) is 38.7 Å². The standard InChI is InChI=1S/C26H42O3S/c1-15-23-22(29-26(15)11-7-18(30)14-28-26)13-21-19-5-4-16-12-17(27)6-9-24(16,2)20(19)8-10-25(21,23)3/h15-23,27,30H,4-14H2,1-3H3/t15-,16+,17-,18-,19+,20-,21-,22-,23-,24-,25-,26+/m0/s1. The van der Waals surface area contributed by atoms with Crippen LogP contribution in [-0.4, -0.2) is 35.0 Å². The second-order valence-corrected chi connectivity index (χ2v) is 13.4. The van der Waals surface area contributed by atoms with E-state index in [1.54, 1.807) is 0 Å². The van der Waals surface area contributed by atoms with Gasteiger partial charge in [-0.15, -0.1) is 0 Å². The smallest absolute Gasteiger partial charge is 0.171 e. The van der Waals surface area contributed by atoms with Crippen LogP contribution >= 0.6 is 12.6 Å². The van der Waals surface area contributed by atoms with Crippen molar-refractivity contribution in [1.82, 2.24) is 0 Å². The van der Waals surface area contributed by atoms with Crippen LogP contribution in [0.4, 0.5) is 0 Å². The van der Waals surface area contributed by atoms with Crippen molar-refractivity contribution in [2.75, 3.05) is 6.61 Å². The van der Waals surface area contributed by atoms with Crippen LogP contribution in [0.3, 0.4) is 0 Å². The molecule has 2 saturated heterocycles. The normalized spacial score (nSPS) is 62.5. The molecule has 0 aromatic rings. The number of hydrogen-bond acceptors (Lipinski definition) is 4. The highest BCUT2D eigenvalue weighted by Crippen LogP contribution is 2.71. The first kappa shape index (κ1) is 20.8. The van der Waals surface area contributed by atoms with Crippen molar-refractivity contribution in [3.05, 3.63) is 0 Å². The van der Waals surface area contributed by atoms with E-state index in [-0.39, 0.29) is 11.9 Å². The fourth-order valence-electron chi connectivity index (χ4n) is 10.1. The van der Waals surface area contributed by atoms with Gasteiger partial charge in [0.05, 0.1) is 18.8 Å². The Bertz CT molecular complexity index is 690. The number of fused-ring (bicyclic) bond motifs is 7. The molecule has 0 bridgehead atoms. The number of rotatable bonds is 0. The van der Waals surface area contributed by atoms with Gasteiger partial charge in [0.2, 0.25) is 0 Å². The molecule has 2 heterocycles. The molecule has 170 valence electrons. The highest BCUT2D eigenvalue weighted by molar-refractivity contribution is 7.81. The van der Waals surface area contributed by atoms with Gasteiger partial charge in [-0.2, -0.15) is 12.6 Å². The van der Waals surface area contributed by atoms with E-state index in [9.17, 15) is 5.11 Å². The highest BCUT2D eigenvalue weighted by atomic mass is 32.1. The quantitative estimate of drug-likeness (QED) is 0.498. The Hall–Kier alpha value is 0.230. The van der Waals surface area contributed by atoms with Crippen molar-refractivity contribution in [3.8, 4) is 0 Å². The van der Waals surface area contributed by atoms with E-state index in [1.165, 1.54) is 38.5 Å². The van der Waals surface area contributed by atoms with Crippen LogP contribution in [0.15, 0.2) is 0 Å². The maximum atomic E-state index is 10.3. The van der Waals surface area contributed by atoms with Crippen LogP contribution in [0.1, 0.15) is 85.0 Å². The van der Waals surface area contributed by atoms with Crippen LogP contribution in [0.5, 0.6) is 0 Å². The van der Waals surface area contributed by atoms with E-state index in [0.717, 1.165) is 56.0 Å². The van der Waals surface area contributed by atoms with Crippen molar-refractivity contribution < 1.29 is 14.6 Å². The van der Waals surface area contributed by atoms with Crippen LogP contribution < -0.4 is 0 Å². The average molecular weight is 435 g/mol. The molecule has 12 atom stereocenters. The Balaban J connectivity index is 1.26. The van der Waals surface area contributed by atoms with Gasteiger partial charge in [-0.25, -0.2) is 0 Å². The largest absolute Gasteiger partial charge is 0.393 e. The number of thiol groups is 1. The first-order chi connectivity index (χ1) is 14.3. The molecule has 0 aromatic heterocycles. The lowest BCUT2D eigenvalue weighted by molar-refractivity contribution is -0.263. The Morgan fingerprint density at radius 1 is 0.900 bits per heavy atom. The molecular weight excluding hydrogens is 392 g/mol. The molecular formula is C26H42O3S. The third-order valence-corrected chi connectivity index (χ3v) is 12.1. The molecule has 6 aliphatic rings. The fourth-order valence-corrected chi connectivity index (χ4v) is 10.3. The summed E-state index contributed by atoms with van der Waals surface area (Å²) in [5.41, 5.74) is 0.871. The molecule has 3 nitrogen and oxygen atoms in total. The van der Waals surface area contributed by atoms with Gasteiger partial charge in [0, 0.05) is 17.6 Å². The molecule has 30 heavy (non-hydrogen) atoms. The van der Waals surface area contributed by atoms with Gasteiger partial charge in [0.25, 0.3) is 0 Å². The van der Waals surface area contributed by atoms with Gasteiger partial charge >= 0.3 is 0 Å². The minimum absolute atomic E-state index is 0.0443. The Labute approximate surface area is 188 Å². The Morgan fingerprint density at radius 2 is 1.70 bits per heavy atom. The van der Waals surface area contributed by atoms with E-state index in [0.29, 0.717) is 34.0 Å². The van der Waals surface area contributed by atoms with Gasteiger partial charge in [-0.05, 0) is 98.2 Å². The molecule has 1 N–H and O–H groups in total. The lowest BCUT2D eigenvalue weighted by Gasteiger charge is -2.61. The molecule has 4 aliphatic carbocycles. The molecule has 4 heteroatoms.